The monoisotopic (exact) mass is 455 g/mol. The van der Waals surface area contributed by atoms with E-state index in [1.807, 2.05) is 37.3 Å². The zero-order valence-corrected chi connectivity index (χ0v) is 18.3. The number of nitrogens with zero attached hydrogens (tertiary/aromatic N) is 4. The molecule has 5 rings (SSSR count). The minimum absolute atomic E-state index is 0.174. The average Bonchev–Trinajstić information content (AvgIpc) is 3.17. The van der Waals surface area contributed by atoms with E-state index in [1.54, 1.807) is 48.5 Å². The van der Waals surface area contributed by atoms with E-state index in [0.29, 0.717) is 34.8 Å². The summed E-state index contributed by atoms with van der Waals surface area (Å²) < 4.78 is 13.9. The molecule has 2 aromatic heterocycles. The van der Waals surface area contributed by atoms with Gasteiger partial charge in [0.25, 0.3) is 5.88 Å². The molecule has 170 valence electrons. The minimum atomic E-state index is -0.464. The highest BCUT2D eigenvalue weighted by molar-refractivity contribution is 5.90. The van der Waals surface area contributed by atoms with Crippen LogP contribution in [0.3, 0.4) is 0 Å². The van der Waals surface area contributed by atoms with Gasteiger partial charge in [-0.3, -0.25) is 4.79 Å². The number of aromatic nitrogens is 4. The Hall–Kier alpha value is -4.66. The molecule has 0 radical (unpaired) electrons. The van der Waals surface area contributed by atoms with Crippen molar-refractivity contribution in [3.8, 4) is 17.4 Å². The number of carbonyl (C=O) groups excluding carboxylic acids is 1. The third-order valence-corrected chi connectivity index (χ3v) is 5.08. The van der Waals surface area contributed by atoms with Crippen molar-refractivity contribution < 1.29 is 14.3 Å². The van der Waals surface area contributed by atoms with E-state index >= 15 is 0 Å². The molecule has 0 atom stereocenters. The Morgan fingerprint density at radius 3 is 2.44 bits per heavy atom. The van der Waals surface area contributed by atoms with E-state index in [9.17, 15) is 9.59 Å². The summed E-state index contributed by atoms with van der Waals surface area (Å²) in [5.74, 6) is 1.05. The Bertz CT molecular complexity index is 1520. The molecule has 1 amide bonds. The number of benzene rings is 3. The van der Waals surface area contributed by atoms with Crippen LogP contribution in [-0.2, 0) is 11.3 Å². The van der Waals surface area contributed by atoms with Crippen molar-refractivity contribution in [2.24, 2.45) is 0 Å². The molecule has 5 aromatic rings. The molecule has 0 saturated heterocycles. The van der Waals surface area contributed by atoms with Crippen molar-refractivity contribution in [3.63, 3.8) is 0 Å². The molecule has 9 heteroatoms. The van der Waals surface area contributed by atoms with Crippen molar-refractivity contribution in [1.29, 1.82) is 0 Å². The molecular formula is C25H21N5O4. The fourth-order valence-electron chi connectivity index (χ4n) is 3.58. The number of hydrogen-bond acceptors (Lipinski definition) is 6. The van der Waals surface area contributed by atoms with Gasteiger partial charge in [0, 0.05) is 5.69 Å². The van der Waals surface area contributed by atoms with Gasteiger partial charge in [-0.15, -0.1) is 5.10 Å². The van der Waals surface area contributed by atoms with E-state index in [-0.39, 0.29) is 18.1 Å². The van der Waals surface area contributed by atoms with Gasteiger partial charge in [0.2, 0.25) is 11.6 Å². The SMILES string of the molecule is CCOc1ccc(NC(=O)Cn2nc3c(Oc4ccccc4)nc4ccccc4n3c2=O)cc1. The van der Waals surface area contributed by atoms with Gasteiger partial charge in [0.1, 0.15) is 18.0 Å². The Morgan fingerprint density at radius 1 is 0.941 bits per heavy atom. The molecule has 0 unspecified atom stereocenters. The number of amides is 1. The van der Waals surface area contributed by atoms with E-state index in [2.05, 4.69) is 15.4 Å². The van der Waals surface area contributed by atoms with Crippen LogP contribution >= 0.6 is 0 Å². The number of fused-ring (bicyclic) bond motifs is 3. The van der Waals surface area contributed by atoms with Gasteiger partial charge in [-0.25, -0.2) is 18.9 Å². The molecule has 3 aromatic carbocycles. The number of hydrogen-bond donors (Lipinski definition) is 1. The maximum atomic E-state index is 13.2. The molecule has 0 aliphatic rings. The summed E-state index contributed by atoms with van der Waals surface area (Å²) in [6.45, 7) is 2.19. The zero-order chi connectivity index (χ0) is 23.5. The smallest absolute Gasteiger partial charge is 0.351 e. The van der Waals surface area contributed by atoms with Gasteiger partial charge in [0.15, 0.2) is 0 Å². The first-order valence-electron chi connectivity index (χ1n) is 10.8. The van der Waals surface area contributed by atoms with Crippen LogP contribution in [-0.4, -0.2) is 31.7 Å². The first-order chi connectivity index (χ1) is 16.6. The fourth-order valence-corrected chi connectivity index (χ4v) is 3.58. The highest BCUT2D eigenvalue weighted by atomic mass is 16.5. The van der Waals surface area contributed by atoms with Gasteiger partial charge in [0.05, 0.1) is 17.6 Å². The number of rotatable bonds is 7. The van der Waals surface area contributed by atoms with Crippen LogP contribution < -0.4 is 20.5 Å². The second-order valence-electron chi connectivity index (χ2n) is 7.43. The van der Waals surface area contributed by atoms with Crippen molar-refractivity contribution in [1.82, 2.24) is 19.2 Å². The molecule has 9 nitrogen and oxygen atoms in total. The average molecular weight is 455 g/mol. The molecular weight excluding hydrogens is 434 g/mol. The molecule has 34 heavy (non-hydrogen) atoms. The summed E-state index contributed by atoms with van der Waals surface area (Å²) in [5, 5.41) is 7.15. The highest BCUT2D eigenvalue weighted by Crippen LogP contribution is 2.25. The summed E-state index contributed by atoms with van der Waals surface area (Å²) >= 11 is 0. The third kappa shape index (κ3) is 4.18. The van der Waals surface area contributed by atoms with E-state index in [1.165, 1.54) is 4.40 Å². The van der Waals surface area contributed by atoms with Crippen molar-refractivity contribution in [3.05, 3.63) is 89.3 Å². The lowest BCUT2D eigenvalue weighted by atomic mass is 10.3. The predicted molar refractivity (Wildman–Crippen MR) is 128 cm³/mol. The minimum Gasteiger partial charge on any atom is -0.494 e. The summed E-state index contributed by atoms with van der Waals surface area (Å²) in [6, 6.07) is 23.3. The van der Waals surface area contributed by atoms with Crippen LogP contribution in [0.25, 0.3) is 16.7 Å². The second kappa shape index (κ2) is 9.07. The number of carbonyl (C=O) groups is 1. The van der Waals surface area contributed by atoms with Crippen molar-refractivity contribution in [2.75, 3.05) is 11.9 Å². The van der Waals surface area contributed by atoms with Crippen LogP contribution in [0.2, 0.25) is 0 Å². The van der Waals surface area contributed by atoms with Crippen molar-refractivity contribution in [2.45, 2.75) is 13.5 Å². The zero-order valence-electron chi connectivity index (χ0n) is 18.3. The maximum absolute atomic E-state index is 13.2. The number of anilines is 1. The van der Waals surface area contributed by atoms with Crippen LogP contribution in [0.4, 0.5) is 5.69 Å². The Kier molecular flexibility index (Phi) is 5.65. The standard InChI is InChI=1S/C25H21N5O4/c1-2-33-18-14-12-17(13-15-18)26-22(31)16-29-25(32)30-21-11-7-6-10-20(21)27-24(23(30)28-29)34-19-8-4-3-5-9-19/h3-15H,2,16H2,1H3,(H,26,31). The van der Waals surface area contributed by atoms with Crippen LogP contribution in [0, 0.1) is 0 Å². The Balaban J connectivity index is 1.49. The van der Waals surface area contributed by atoms with E-state index in [4.69, 9.17) is 9.47 Å². The quantitative estimate of drug-likeness (QED) is 0.400. The lowest BCUT2D eigenvalue weighted by molar-refractivity contribution is -0.117. The number of ether oxygens (including phenoxy) is 2. The van der Waals surface area contributed by atoms with Crippen LogP contribution in [0.5, 0.6) is 17.4 Å². The molecule has 0 spiro atoms. The van der Waals surface area contributed by atoms with E-state index in [0.717, 1.165) is 4.68 Å². The normalized spacial score (nSPS) is 11.0. The van der Waals surface area contributed by atoms with Crippen LogP contribution in [0.1, 0.15) is 6.92 Å². The number of para-hydroxylation sites is 3. The molecule has 0 aliphatic carbocycles. The lowest BCUT2D eigenvalue weighted by Gasteiger charge is -2.07. The molecule has 0 aliphatic heterocycles. The molecule has 2 heterocycles. The molecule has 0 fully saturated rings. The van der Waals surface area contributed by atoms with Crippen LogP contribution in [0.15, 0.2) is 83.7 Å². The van der Waals surface area contributed by atoms with Crippen molar-refractivity contribution >= 4 is 28.3 Å². The first kappa shape index (κ1) is 21.2. The summed E-state index contributed by atoms with van der Waals surface area (Å²) in [6.07, 6.45) is 0. The summed E-state index contributed by atoms with van der Waals surface area (Å²) in [5.41, 5.74) is 1.49. The van der Waals surface area contributed by atoms with Gasteiger partial charge in [-0.05, 0) is 55.5 Å². The topological polar surface area (TPSA) is 99.8 Å². The first-order valence-corrected chi connectivity index (χ1v) is 10.8. The number of nitrogens with one attached hydrogen (secondary N) is 1. The molecule has 1 N–H and O–H groups in total. The van der Waals surface area contributed by atoms with Gasteiger partial charge < -0.3 is 14.8 Å². The van der Waals surface area contributed by atoms with E-state index < -0.39 is 11.6 Å². The van der Waals surface area contributed by atoms with Gasteiger partial charge in [-0.1, -0.05) is 30.3 Å². The lowest BCUT2D eigenvalue weighted by Crippen LogP contribution is -2.28. The largest absolute Gasteiger partial charge is 0.494 e. The maximum Gasteiger partial charge on any atom is 0.351 e. The summed E-state index contributed by atoms with van der Waals surface area (Å²) in [7, 11) is 0. The van der Waals surface area contributed by atoms with Gasteiger partial charge >= 0.3 is 5.69 Å². The molecule has 0 saturated carbocycles. The summed E-state index contributed by atoms with van der Waals surface area (Å²) in [4.78, 5) is 30.5. The third-order valence-electron chi connectivity index (χ3n) is 5.08. The Morgan fingerprint density at radius 2 is 1.68 bits per heavy atom. The second-order valence-corrected chi connectivity index (χ2v) is 7.43. The predicted octanol–water partition coefficient (Wildman–Crippen LogP) is 3.87. The fraction of sp³-hybridized carbons (Fsp3) is 0.120. The molecule has 0 bridgehead atoms. The van der Waals surface area contributed by atoms with Gasteiger partial charge in [-0.2, -0.15) is 0 Å². The highest BCUT2D eigenvalue weighted by Gasteiger charge is 2.19. The Labute approximate surface area is 194 Å².